The molecule has 1 N–H and O–H groups in total. The second-order valence-electron chi connectivity index (χ2n) is 4.14. The lowest BCUT2D eigenvalue weighted by molar-refractivity contribution is 0.305. The van der Waals surface area contributed by atoms with E-state index in [0.29, 0.717) is 12.4 Å². The van der Waals surface area contributed by atoms with E-state index in [1.807, 2.05) is 6.92 Å². The first-order valence-electron chi connectivity index (χ1n) is 6.23. The van der Waals surface area contributed by atoms with Gasteiger partial charge in [0.2, 0.25) is 0 Å². The molecule has 0 bridgehead atoms. The van der Waals surface area contributed by atoms with Gasteiger partial charge < -0.3 is 10.1 Å². The summed E-state index contributed by atoms with van der Waals surface area (Å²) in [5.41, 5.74) is 1.05. The molecule has 0 fully saturated rings. The van der Waals surface area contributed by atoms with Crippen LogP contribution in [0.4, 0.5) is 4.39 Å². The third-order valence-electron chi connectivity index (χ3n) is 2.65. The zero-order valence-corrected chi connectivity index (χ0v) is 11.9. The molecule has 0 unspecified atom stereocenters. The first-order chi connectivity index (χ1) is 9.19. The summed E-state index contributed by atoms with van der Waals surface area (Å²) in [5.74, 6) is 0.396. The molecule has 1 heterocycles. The fourth-order valence-corrected chi connectivity index (χ4v) is 2.58. The molecule has 0 atom stereocenters. The van der Waals surface area contributed by atoms with Crippen molar-refractivity contribution < 1.29 is 9.13 Å². The van der Waals surface area contributed by atoms with Crippen LogP contribution in [0.5, 0.6) is 5.75 Å². The fourth-order valence-electron chi connectivity index (χ4n) is 1.63. The lowest BCUT2D eigenvalue weighted by atomic mass is 10.3. The van der Waals surface area contributed by atoms with Crippen LogP contribution in [0.2, 0.25) is 0 Å². The first kappa shape index (κ1) is 14.0. The molecule has 0 aliphatic carbocycles. The Morgan fingerprint density at radius 2 is 2.05 bits per heavy atom. The van der Waals surface area contributed by atoms with Crippen LogP contribution in [0.1, 0.15) is 22.5 Å². The van der Waals surface area contributed by atoms with E-state index >= 15 is 0 Å². The van der Waals surface area contributed by atoms with E-state index in [2.05, 4.69) is 17.2 Å². The summed E-state index contributed by atoms with van der Waals surface area (Å²) in [7, 11) is 0. The van der Waals surface area contributed by atoms with Gasteiger partial charge in [0, 0.05) is 11.4 Å². The van der Waals surface area contributed by atoms with Gasteiger partial charge in [-0.1, -0.05) is 6.92 Å². The molecule has 0 saturated heterocycles. The zero-order chi connectivity index (χ0) is 13.7. The summed E-state index contributed by atoms with van der Waals surface area (Å²) in [6.07, 6.45) is 0. The van der Waals surface area contributed by atoms with E-state index in [9.17, 15) is 4.39 Å². The number of nitrogens with zero attached hydrogens (tertiary/aromatic N) is 1. The summed E-state index contributed by atoms with van der Waals surface area (Å²) in [5, 5.41) is 4.23. The Hall–Kier alpha value is -1.46. The smallest absolute Gasteiger partial charge is 0.140 e. The van der Waals surface area contributed by atoms with Crippen molar-refractivity contribution in [3.63, 3.8) is 0 Å². The summed E-state index contributed by atoms with van der Waals surface area (Å²) in [6.45, 7) is 6.29. The van der Waals surface area contributed by atoms with E-state index in [-0.39, 0.29) is 5.82 Å². The number of hydrogen-bond donors (Lipinski definition) is 1. The number of nitrogens with one attached hydrogen (secondary N) is 1. The number of aromatic nitrogens is 1. The third-order valence-corrected chi connectivity index (χ3v) is 3.78. The van der Waals surface area contributed by atoms with E-state index in [4.69, 9.17) is 4.74 Å². The number of hydrogen-bond acceptors (Lipinski definition) is 4. The van der Waals surface area contributed by atoms with E-state index in [0.717, 1.165) is 23.8 Å². The van der Waals surface area contributed by atoms with Gasteiger partial charge in [0.25, 0.3) is 0 Å². The van der Waals surface area contributed by atoms with Gasteiger partial charge in [-0.05, 0) is 37.7 Å². The lowest BCUT2D eigenvalue weighted by Gasteiger charge is -2.03. The minimum Gasteiger partial charge on any atom is -0.486 e. The number of benzene rings is 1. The largest absolute Gasteiger partial charge is 0.486 e. The van der Waals surface area contributed by atoms with Crippen LogP contribution >= 0.6 is 11.3 Å². The van der Waals surface area contributed by atoms with Crippen LogP contribution in [-0.4, -0.2) is 11.5 Å². The lowest BCUT2D eigenvalue weighted by Crippen LogP contribution is -2.11. The Morgan fingerprint density at radius 3 is 2.74 bits per heavy atom. The van der Waals surface area contributed by atoms with Crippen molar-refractivity contribution in [3.05, 3.63) is 45.7 Å². The van der Waals surface area contributed by atoms with E-state index in [1.54, 1.807) is 23.5 Å². The summed E-state index contributed by atoms with van der Waals surface area (Å²) < 4.78 is 18.3. The standard InChI is InChI=1S/C14H17FN2OS/c1-3-16-8-13-10(2)17-14(19-13)9-18-12-6-4-11(15)5-7-12/h4-7,16H,3,8-9H2,1-2H3. The Balaban J connectivity index is 1.94. The number of thiazole rings is 1. The van der Waals surface area contributed by atoms with Crippen LogP contribution in [0, 0.1) is 12.7 Å². The van der Waals surface area contributed by atoms with E-state index < -0.39 is 0 Å². The van der Waals surface area contributed by atoms with Gasteiger partial charge in [-0.25, -0.2) is 9.37 Å². The molecule has 3 nitrogen and oxygen atoms in total. The van der Waals surface area contributed by atoms with Gasteiger partial charge in [0.1, 0.15) is 23.2 Å². The maximum absolute atomic E-state index is 12.8. The number of rotatable bonds is 6. The van der Waals surface area contributed by atoms with Crippen molar-refractivity contribution in [3.8, 4) is 5.75 Å². The maximum Gasteiger partial charge on any atom is 0.140 e. The average molecular weight is 280 g/mol. The molecule has 0 aliphatic rings. The van der Waals surface area contributed by atoms with E-state index in [1.165, 1.54) is 17.0 Å². The molecular weight excluding hydrogens is 263 g/mol. The Kier molecular flexibility index (Phi) is 4.87. The normalized spacial score (nSPS) is 10.7. The molecule has 102 valence electrons. The molecule has 0 amide bonds. The molecule has 0 saturated carbocycles. The molecule has 0 spiro atoms. The summed E-state index contributed by atoms with van der Waals surface area (Å²) in [4.78, 5) is 5.71. The van der Waals surface area contributed by atoms with Crippen molar-refractivity contribution in [1.82, 2.24) is 10.3 Å². The summed E-state index contributed by atoms with van der Waals surface area (Å²) >= 11 is 1.65. The quantitative estimate of drug-likeness (QED) is 0.881. The molecule has 0 radical (unpaired) electrons. The van der Waals surface area contributed by atoms with Gasteiger partial charge in [-0.15, -0.1) is 11.3 Å². The zero-order valence-electron chi connectivity index (χ0n) is 11.1. The Morgan fingerprint density at radius 1 is 1.32 bits per heavy atom. The highest BCUT2D eigenvalue weighted by Crippen LogP contribution is 2.20. The minimum absolute atomic E-state index is 0.259. The molecule has 5 heteroatoms. The average Bonchev–Trinajstić information content (AvgIpc) is 2.76. The molecule has 1 aromatic carbocycles. The molecule has 2 aromatic rings. The van der Waals surface area contributed by atoms with Crippen molar-refractivity contribution in [2.24, 2.45) is 0 Å². The van der Waals surface area contributed by atoms with Gasteiger partial charge in [-0.3, -0.25) is 0 Å². The van der Waals surface area contributed by atoms with Crippen LogP contribution in [0.25, 0.3) is 0 Å². The second-order valence-corrected chi connectivity index (χ2v) is 5.31. The van der Waals surface area contributed by atoms with Crippen molar-refractivity contribution in [2.75, 3.05) is 6.54 Å². The topological polar surface area (TPSA) is 34.1 Å². The van der Waals surface area contributed by atoms with Crippen molar-refractivity contribution in [2.45, 2.75) is 27.0 Å². The third kappa shape index (κ3) is 4.01. The SMILES string of the molecule is CCNCc1sc(COc2ccc(F)cc2)nc1C. The van der Waals surface area contributed by atoms with Gasteiger partial charge in [0.05, 0.1) is 5.69 Å². The van der Waals surface area contributed by atoms with Gasteiger partial charge in [-0.2, -0.15) is 0 Å². The van der Waals surface area contributed by atoms with Crippen LogP contribution in [-0.2, 0) is 13.2 Å². The number of halogens is 1. The molecule has 2 rings (SSSR count). The van der Waals surface area contributed by atoms with Crippen molar-refractivity contribution >= 4 is 11.3 Å². The highest BCUT2D eigenvalue weighted by atomic mass is 32.1. The molecule has 0 aliphatic heterocycles. The van der Waals surface area contributed by atoms with Gasteiger partial charge in [0.15, 0.2) is 0 Å². The van der Waals surface area contributed by atoms with Gasteiger partial charge >= 0.3 is 0 Å². The molecule has 19 heavy (non-hydrogen) atoms. The van der Waals surface area contributed by atoms with Crippen molar-refractivity contribution in [1.29, 1.82) is 0 Å². The molecule has 1 aromatic heterocycles. The number of ether oxygens (including phenoxy) is 1. The Labute approximate surface area is 116 Å². The molecular formula is C14H17FN2OS. The van der Waals surface area contributed by atoms with Crippen LogP contribution in [0.3, 0.4) is 0 Å². The number of aryl methyl sites for hydroxylation is 1. The predicted octanol–water partition coefficient (Wildman–Crippen LogP) is 3.28. The van der Waals surface area contributed by atoms with Crippen LogP contribution in [0.15, 0.2) is 24.3 Å². The Bertz CT molecular complexity index is 525. The van der Waals surface area contributed by atoms with Crippen LogP contribution < -0.4 is 10.1 Å². The fraction of sp³-hybridized carbons (Fsp3) is 0.357. The summed E-state index contributed by atoms with van der Waals surface area (Å²) in [6, 6.07) is 6.02. The monoisotopic (exact) mass is 280 g/mol. The maximum atomic E-state index is 12.8. The predicted molar refractivity (Wildman–Crippen MR) is 75.0 cm³/mol. The minimum atomic E-state index is -0.259. The first-order valence-corrected chi connectivity index (χ1v) is 7.05. The highest BCUT2D eigenvalue weighted by Gasteiger charge is 2.07. The highest BCUT2D eigenvalue weighted by molar-refractivity contribution is 7.11. The second kappa shape index (κ2) is 6.63.